The Morgan fingerprint density at radius 3 is 2.42 bits per heavy atom. The Balaban J connectivity index is 2.17. The Morgan fingerprint density at radius 1 is 1.05 bits per heavy atom. The number of para-hydroxylation sites is 1. The van der Waals surface area contributed by atoms with E-state index < -0.39 is 0 Å². The first kappa shape index (κ1) is 13.1. The number of hydrogen-bond acceptors (Lipinski definition) is 4. The van der Waals surface area contributed by atoms with E-state index >= 15 is 0 Å². The Hall–Kier alpha value is -2.36. The number of hydrogen-bond donors (Lipinski definition) is 3. The molecule has 19 heavy (non-hydrogen) atoms. The highest BCUT2D eigenvalue weighted by atomic mass is 16.5. The van der Waals surface area contributed by atoms with Crippen LogP contribution >= 0.6 is 0 Å². The predicted molar refractivity (Wildman–Crippen MR) is 74.8 cm³/mol. The molecule has 0 aliphatic heterocycles. The monoisotopic (exact) mass is 259 g/mol. The fourth-order valence-electron chi connectivity index (χ4n) is 1.96. The number of aromatic hydroxyl groups is 2. The molecule has 0 aromatic heterocycles. The smallest absolute Gasteiger partial charge is 0.160 e. The maximum absolute atomic E-state index is 9.79. The minimum Gasteiger partial charge on any atom is -0.508 e. The summed E-state index contributed by atoms with van der Waals surface area (Å²) in [6.07, 6.45) is 0. The molecule has 0 aliphatic rings. The van der Waals surface area contributed by atoms with Gasteiger partial charge >= 0.3 is 0 Å². The van der Waals surface area contributed by atoms with Gasteiger partial charge < -0.3 is 20.3 Å². The summed E-state index contributed by atoms with van der Waals surface area (Å²) >= 11 is 0. The lowest BCUT2D eigenvalue weighted by molar-refractivity contribution is 0.373. The highest BCUT2D eigenvalue weighted by Crippen LogP contribution is 2.31. The number of benzene rings is 2. The van der Waals surface area contributed by atoms with Gasteiger partial charge in [0.25, 0.3) is 0 Å². The quantitative estimate of drug-likeness (QED) is 0.788. The summed E-state index contributed by atoms with van der Waals surface area (Å²) in [6, 6.07) is 12.2. The summed E-state index contributed by atoms with van der Waals surface area (Å²) in [4.78, 5) is 0. The van der Waals surface area contributed by atoms with Crippen LogP contribution in [0.3, 0.4) is 0 Å². The zero-order chi connectivity index (χ0) is 13.8. The first-order valence-corrected chi connectivity index (χ1v) is 6.03. The molecule has 0 saturated carbocycles. The van der Waals surface area contributed by atoms with Crippen molar-refractivity contribution in [2.45, 2.75) is 13.0 Å². The van der Waals surface area contributed by atoms with E-state index in [9.17, 15) is 10.2 Å². The van der Waals surface area contributed by atoms with E-state index in [0.29, 0.717) is 5.75 Å². The fraction of sp³-hybridized carbons (Fsp3) is 0.200. The lowest BCUT2D eigenvalue weighted by Crippen LogP contribution is -2.06. The van der Waals surface area contributed by atoms with Crippen LogP contribution in [0.4, 0.5) is 5.69 Å². The normalized spacial score (nSPS) is 11.9. The minimum atomic E-state index is -0.0750. The Labute approximate surface area is 112 Å². The van der Waals surface area contributed by atoms with Crippen molar-refractivity contribution in [1.29, 1.82) is 0 Å². The van der Waals surface area contributed by atoms with Crippen LogP contribution in [0.2, 0.25) is 0 Å². The number of nitrogens with one attached hydrogen (secondary N) is 1. The SMILES string of the molecule is COc1ccc(NC(C)c2ccccc2O)cc1O. The van der Waals surface area contributed by atoms with E-state index in [1.54, 1.807) is 24.3 Å². The highest BCUT2D eigenvalue weighted by Gasteiger charge is 2.10. The standard InChI is InChI=1S/C15H17NO3/c1-10(12-5-3-4-6-13(12)17)16-11-7-8-15(19-2)14(18)9-11/h3-10,16-18H,1-2H3. The van der Waals surface area contributed by atoms with Gasteiger partial charge in [-0.05, 0) is 25.1 Å². The van der Waals surface area contributed by atoms with Crippen LogP contribution in [-0.2, 0) is 0 Å². The van der Waals surface area contributed by atoms with Gasteiger partial charge in [0.1, 0.15) is 5.75 Å². The summed E-state index contributed by atoms with van der Waals surface area (Å²) in [6.45, 7) is 1.94. The second-order valence-electron chi connectivity index (χ2n) is 4.31. The Bertz CT molecular complexity index is 569. The molecule has 0 radical (unpaired) electrons. The van der Waals surface area contributed by atoms with Crippen LogP contribution in [0.15, 0.2) is 42.5 Å². The molecule has 100 valence electrons. The molecule has 4 heteroatoms. The van der Waals surface area contributed by atoms with Gasteiger partial charge in [-0.1, -0.05) is 18.2 Å². The van der Waals surface area contributed by atoms with Crippen LogP contribution in [0.25, 0.3) is 0 Å². The summed E-state index contributed by atoms with van der Waals surface area (Å²) in [5, 5.41) is 22.7. The van der Waals surface area contributed by atoms with Crippen molar-refractivity contribution in [2.24, 2.45) is 0 Å². The average Bonchev–Trinajstić information content (AvgIpc) is 2.39. The van der Waals surface area contributed by atoms with Crippen molar-refractivity contribution in [1.82, 2.24) is 0 Å². The van der Waals surface area contributed by atoms with Gasteiger partial charge in [0.05, 0.1) is 13.2 Å². The number of rotatable bonds is 4. The van der Waals surface area contributed by atoms with Crippen LogP contribution in [0.5, 0.6) is 17.2 Å². The van der Waals surface area contributed by atoms with Crippen molar-refractivity contribution < 1.29 is 14.9 Å². The molecular weight excluding hydrogens is 242 g/mol. The van der Waals surface area contributed by atoms with E-state index in [-0.39, 0.29) is 17.5 Å². The van der Waals surface area contributed by atoms with E-state index in [1.807, 2.05) is 25.1 Å². The molecule has 1 unspecified atom stereocenters. The Kier molecular flexibility index (Phi) is 3.80. The lowest BCUT2D eigenvalue weighted by atomic mass is 10.1. The maximum atomic E-state index is 9.79. The third-order valence-corrected chi connectivity index (χ3v) is 2.97. The molecule has 0 spiro atoms. The van der Waals surface area contributed by atoms with Crippen molar-refractivity contribution in [3.8, 4) is 17.2 Å². The van der Waals surface area contributed by atoms with Crippen molar-refractivity contribution >= 4 is 5.69 Å². The molecule has 0 saturated heterocycles. The molecule has 0 amide bonds. The van der Waals surface area contributed by atoms with Gasteiger partial charge in [0, 0.05) is 17.3 Å². The first-order chi connectivity index (χ1) is 9.11. The van der Waals surface area contributed by atoms with Gasteiger partial charge in [0.15, 0.2) is 11.5 Å². The van der Waals surface area contributed by atoms with Crippen LogP contribution in [-0.4, -0.2) is 17.3 Å². The molecule has 3 N–H and O–H groups in total. The molecule has 2 aromatic carbocycles. The molecule has 2 aromatic rings. The number of phenolic OH excluding ortho intramolecular Hbond substituents is 2. The topological polar surface area (TPSA) is 61.7 Å². The molecule has 0 bridgehead atoms. The molecule has 0 heterocycles. The van der Waals surface area contributed by atoms with E-state index in [2.05, 4.69) is 5.32 Å². The van der Waals surface area contributed by atoms with Gasteiger partial charge in [-0.15, -0.1) is 0 Å². The van der Waals surface area contributed by atoms with Crippen LogP contribution < -0.4 is 10.1 Å². The molecule has 2 rings (SSSR count). The zero-order valence-corrected chi connectivity index (χ0v) is 10.9. The number of anilines is 1. The average molecular weight is 259 g/mol. The van der Waals surface area contributed by atoms with Crippen LogP contribution in [0.1, 0.15) is 18.5 Å². The van der Waals surface area contributed by atoms with Gasteiger partial charge in [-0.3, -0.25) is 0 Å². The maximum Gasteiger partial charge on any atom is 0.160 e. The number of phenols is 2. The molecule has 4 nitrogen and oxygen atoms in total. The molecular formula is C15H17NO3. The van der Waals surface area contributed by atoms with Gasteiger partial charge in [-0.2, -0.15) is 0 Å². The molecule has 0 aliphatic carbocycles. The lowest BCUT2D eigenvalue weighted by Gasteiger charge is -2.17. The fourth-order valence-corrected chi connectivity index (χ4v) is 1.96. The first-order valence-electron chi connectivity index (χ1n) is 6.03. The second kappa shape index (κ2) is 5.52. The molecule has 0 fully saturated rings. The van der Waals surface area contributed by atoms with Crippen molar-refractivity contribution in [2.75, 3.05) is 12.4 Å². The second-order valence-corrected chi connectivity index (χ2v) is 4.31. The van der Waals surface area contributed by atoms with E-state index in [0.717, 1.165) is 11.3 Å². The molecule has 1 atom stereocenters. The minimum absolute atomic E-state index is 0.0750. The third-order valence-electron chi connectivity index (χ3n) is 2.97. The van der Waals surface area contributed by atoms with Crippen LogP contribution in [0, 0.1) is 0 Å². The zero-order valence-electron chi connectivity index (χ0n) is 10.9. The third kappa shape index (κ3) is 2.91. The highest BCUT2D eigenvalue weighted by molar-refractivity contribution is 5.55. The Morgan fingerprint density at radius 2 is 1.79 bits per heavy atom. The van der Waals surface area contributed by atoms with E-state index in [4.69, 9.17) is 4.74 Å². The summed E-state index contributed by atoms with van der Waals surface area (Å²) in [5.41, 5.74) is 1.56. The van der Waals surface area contributed by atoms with Gasteiger partial charge in [-0.25, -0.2) is 0 Å². The number of ether oxygens (including phenoxy) is 1. The van der Waals surface area contributed by atoms with Gasteiger partial charge in [0.2, 0.25) is 0 Å². The number of methoxy groups -OCH3 is 1. The predicted octanol–water partition coefficient (Wildman–Crippen LogP) is 3.28. The van der Waals surface area contributed by atoms with Crippen molar-refractivity contribution in [3.05, 3.63) is 48.0 Å². The van der Waals surface area contributed by atoms with E-state index in [1.165, 1.54) is 7.11 Å². The summed E-state index contributed by atoms with van der Waals surface area (Å²) < 4.78 is 4.99. The van der Waals surface area contributed by atoms with Crippen molar-refractivity contribution in [3.63, 3.8) is 0 Å². The summed E-state index contributed by atoms with van der Waals surface area (Å²) in [5.74, 6) is 0.762. The summed E-state index contributed by atoms with van der Waals surface area (Å²) in [7, 11) is 1.51. The largest absolute Gasteiger partial charge is 0.508 e.